The number of aliphatic imine (C=N–C) groups is 1. The van der Waals surface area contributed by atoms with E-state index in [2.05, 4.69) is 63.8 Å². The van der Waals surface area contributed by atoms with Crippen molar-refractivity contribution in [1.82, 2.24) is 10.6 Å². The topological polar surface area (TPSA) is 52.8 Å². The number of hydrogen-bond donors (Lipinski definition) is 2. The lowest BCUT2D eigenvalue weighted by Crippen LogP contribution is -2.38. The molecule has 0 spiro atoms. The molecule has 6 heteroatoms. The predicted molar refractivity (Wildman–Crippen MR) is 131 cm³/mol. The second kappa shape index (κ2) is 10.0. The summed E-state index contributed by atoms with van der Waals surface area (Å²) in [7, 11) is 1.79. The molecule has 2 N–H and O–H groups in total. The standard InChI is InChI=1S/C23H28N4O.HI/c1-17(18-9-7-10-20(14-18)27-12-5-6-13-27)26-23(24-2)25-16-21-15-19-8-3-4-11-22(19)28-21;/h3-4,7-11,14-15,17H,5-6,12-13,16H2,1-2H3,(H2,24,25,26);1H. The van der Waals surface area contributed by atoms with E-state index >= 15 is 0 Å². The highest BCUT2D eigenvalue weighted by atomic mass is 127. The molecular weight excluding hydrogens is 475 g/mol. The quantitative estimate of drug-likeness (QED) is 0.289. The molecule has 1 unspecified atom stereocenters. The van der Waals surface area contributed by atoms with E-state index in [4.69, 9.17) is 4.42 Å². The molecule has 0 radical (unpaired) electrons. The smallest absolute Gasteiger partial charge is 0.191 e. The molecule has 0 aliphatic carbocycles. The molecule has 1 aliphatic rings. The van der Waals surface area contributed by atoms with Gasteiger partial charge in [-0.05, 0) is 49.6 Å². The molecule has 2 aromatic carbocycles. The van der Waals surface area contributed by atoms with Crippen molar-refractivity contribution < 1.29 is 4.42 Å². The molecule has 3 aromatic rings. The van der Waals surface area contributed by atoms with Crippen molar-refractivity contribution in [2.45, 2.75) is 32.4 Å². The first-order valence-corrected chi connectivity index (χ1v) is 10.0. The summed E-state index contributed by atoms with van der Waals surface area (Å²) in [5.41, 5.74) is 3.49. The van der Waals surface area contributed by atoms with Gasteiger partial charge in [-0.15, -0.1) is 24.0 Å². The first-order chi connectivity index (χ1) is 13.7. The number of anilines is 1. The van der Waals surface area contributed by atoms with Gasteiger partial charge in [0.05, 0.1) is 12.6 Å². The summed E-state index contributed by atoms with van der Waals surface area (Å²) in [4.78, 5) is 6.83. The molecular formula is C23H29IN4O. The highest BCUT2D eigenvalue weighted by Crippen LogP contribution is 2.24. The number of halogens is 1. The summed E-state index contributed by atoms with van der Waals surface area (Å²) in [6.45, 7) is 5.07. The Morgan fingerprint density at radius 2 is 1.90 bits per heavy atom. The highest BCUT2D eigenvalue weighted by Gasteiger charge is 2.14. The van der Waals surface area contributed by atoms with E-state index in [1.807, 2.05) is 18.2 Å². The average Bonchev–Trinajstić information content (AvgIpc) is 3.40. The molecule has 0 bridgehead atoms. The third-order valence-corrected chi connectivity index (χ3v) is 5.32. The number of nitrogens with one attached hydrogen (secondary N) is 2. The number of rotatable bonds is 5. The summed E-state index contributed by atoms with van der Waals surface area (Å²) < 4.78 is 5.87. The number of guanidine groups is 1. The maximum atomic E-state index is 5.87. The Hall–Kier alpha value is -2.22. The molecule has 1 aromatic heterocycles. The minimum Gasteiger partial charge on any atom is -0.459 e. The molecule has 29 heavy (non-hydrogen) atoms. The van der Waals surface area contributed by atoms with Crippen LogP contribution in [0.2, 0.25) is 0 Å². The Labute approximate surface area is 189 Å². The summed E-state index contributed by atoms with van der Waals surface area (Å²) in [5.74, 6) is 1.66. The number of benzene rings is 2. The lowest BCUT2D eigenvalue weighted by atomic mass is 10.1. The zero-order valence-corrected chi connectivity index (χ0v) is 19.4. The van der Waals surface area contributed by atoms with Crippen LogP contribution in [0.5, 0.6) is 0 Å². The number of furan rings is 1. The molecule has 2 heterocycles. The molecule has 0 saturated carbocycles. The van der Waals surface area contributed by atoms with E-state index < -0.39 is 0 Å². The fourth-order valence-corrected chi connectivity index (χ4v) is 3.74. The second-order valence-corrected chi connectivity index (χ2v) is 7.33. The third kappa shape index (κ3) is 5.23. The van der Waals surface area contributed by atoms with Crippen LogP contribution in [0.15, 0.2) is 64.0 Å². The van der Waals surface area contributed by atoms with Gasteiger partial charge in [-0.3, -0.25) is 4.99 Å². The summed E-state index contributed by atoms with van der Waals surface area (Å²) >= 11 is 0. The third-order valence-electron chi connectivity index (χ3n) is 5.32. The van der Waals surface area contributed by atoms with Gasteiger partial charge in [-0.2, -0.15) is 0 Å². The van der Waals surface area contributed by atoms with Crippen molar-refractivity contribution in [2.75, 3.05) is 25.0 Å². The highest BCUT2D eigenvalue weighted by molar-refractivity contribution is 14.0. The fourth-order valence-electron chi connectivity index (χ4n) is 3.74. The van der Waals surface area contributed by atoms with Crippen LogP contribution in [-0.2, 0) is 6.54 Å². The van der Waals surface area contributed by atoms with Gasteiger partial charge in [0.15, 0.2) is 5.96 Å². The van der Waals surface area contributed by atoms with E-state index in [1.165, 1.54) is 24.1 Å². The van der Waals surface area contributed by atoms with Crippen LogP contribution < -0.4 is 15.5 Å². The second-order valence-electron chi connectivity index (χ2n) is 7.33. The number of nitrogens with zero attached hydrogens (tertiary/aromatic N) is 2. The van der Waals surface area contributed by atoms with E-state index in [-0.39, 0.29) is 30.0 Å². The monoisotopic (exact) mass is 504 g/mol. The molecule has 5 nitrogen and oxygen atoms in total. The van der Waals surface area contributed by atoms with Gasteiger partial charge in [0.2, 0.25) is 0 Å². The number of fused-ring (bicyclic) bond motifs is 1. The van der Waals surface area contributed by atoms with Crippen molar-refractivity contribution in [3.63, 3.8) is 0 Å². The van der Waals surface area contributed by atoms with Crippen molar-refractivity contribution in [3.05, 3.63) is 65.9 Å². The Balaban J connectivity index is 0.00000240. The van der Waals surface area contributed by atoms with Crippen LogP contribution >= 0.6 is 24.0 Å². The molecule has 1 saturated heterocycles. The van der Waals surface area contributed by atoms with Crippen LogP contribution in [0.4, 0.5) is 5.69 Å². The summed E-state index contributed by atoms with van der Waals surface area (Å²) in [6.07, 6.45) is 2.58. The number of hydrogen-bond acceptors (Lipinski definition) is 3. The van der Waals surface area contributed by atoms with Crippen LogP contribution in [-0.4, -0.2) is 26.1 Å². The maximum absolute atomic E-state index is 5.87. The van der Waals surface area contributed by atoms with Gasteiger partial charge < -0.3 is 20.0 Å². The van der Waals surface area contributed by atoms with Gasteiger partial charge >= 0.3 is 0 Å². The van der Waals surface area contributed by atoms with Crippen LogP contribution in [0.3, 0.4) is 0 Å². The van der Waals surface area contributed by atoms with E-state index in [0.29, 0.717) is 6.54 Å². The van der Waals surface area contributed by atoms with Gasteiger partial charge in [-0.1, -0.05) is 30.3 Å². The van der Waals surface area contributed by atoms with E-state index in [0.717, 1.165) is 35.8 Å². The Morgan fingerprint density at radius 1 is 1.10 bits per heavy atom. The SMILES string of the molecule is CN=C(NCc1cc2ccccc2o1)NC(C)c1cccc(N2CCCC2)c1.I. The van der Waals surface area contributed by atoms with Gasteiger partial charge in [-0.25, -0.2) is 0 Å². The van der Waals surface area contributed by atoms with E-state index in [1.54, 1.807) is 7.05 Å². The van der Waals surface area contributed by atoms with Crippen molar-refractivity contribution >= 4 is 46.6 Å². The predicted octanol–water partition coefficient (Wildman–Crippen LogP) is 5.08. The molecule has 1 atom stereocenters. The lowest BCUT2D eigenvalue weighted by molar-refractivity contribution is 0.536. The van der Waals surface area contributed by atoms with Gasteiger partial charge in [0, 0.05) is 31.2 Å². The van der Waals surface area contributed by atoms with E-state index in [9.17, 15) is 0 Å². The first-order valence-electron chi connectivity index (χ1n) is 10.0. The van der Waals surface area contributed by atoms with Crippen molar-refractivity contribution in [1.29, 1.82) is 0 Å². The van der Waals surface area contributed by atoms with Crippen LogP contribution in [0.25, 0.3) is 11.0 Å². The molecule has 1 fully saturated rings. The Kier molecular flexibility index (Phi) is 7.41. The summed E-state index contributed by atoms with van der Waals surface area (Å²) in [5, 5.41) is 7.95. The maximum Gasteiger partial charge on any atom is 0.191 e. The number of para-hydroxylation sites is 1. The fraction of sp³-hybridized carbons (Fsp3) is 0.348. The lowest BCUT2D eigenvalue weighted by Gasteiger charge is -2.22. The van der Waals surface area contributed by atoms with Crippen LogP contribution in [0.1, 0.15) is 37.1 Å². The van der Waals surface area contributed by atoms with Gasteiger partial charge in [0.25, 0.3) is 0 Å². The first kappa shape index (κ1) is 21.5. The minimum atomic E-state index is 0. The average molecular weight is 504 g/mol. The largest absolute Gasteiger partial charge is 0.459 e. The zero-order valence-electron chi connectivity index (χ0n) is 17.0. The summed E-state index contributed by atoms with van der Waals surface area (Å²) in [6, 6.07) is 19.1. The zero-order chi connectivity index (χ0) is 19.3. The molecule has 4 rings (SSSR count). The molecule has 154 valence electrons. The minimum absolute atomic E-state index is 0. The van der Waals surface area contributed by atoms with Crippen molar-refractivity contribution in [2.24, 2.45) is 4.99 Å². The Bertz CT molecular complexity index is 929. The molecule has 0 amide bonds. The molecule has 1 aliphatic heterocycles. The Morgan fingerprint density at radius 3 is 2.66 bits per heavy atom. The van der Waals surface area contributed by atoms with Crippen LogP contribution in [0, 0.1) is 0 Å². The van der Waals surface area contributed by atoms with Gasteiger partial charge in [0.1, 0.15) is 11.3 Å². The normalized spacial score (nSPS) is 15.2. The van der Waals surface area contributed by atoms with Crippen molar-refractivity contribution in [3.8, 4) is 0 Å².